The number of hydrogen-bond donors (Lipinski definition) is 3. The first kappa shape index (κ1) is 29.4. The van der Waals surface area contributed by atoms with E-state index in [0.717, 1.165) is 46.3 Å². The first-order valence-electron chi connectivity index (χ1n) is 15.6. The van der Waals surface area contributed by atoms with Crippen LogP contribution in [0.4, 0.5) is 0 Å². The van der Waals surface area contributed by atoms with Gasteiger partial charge < -0.3 is 34.7 Å². The number of aromatic hydroxyl groups is 1. The Bertz CT molecular complexity index is 1670. The minimum absolute atomic E-state index is 0.0396. The van der Waals surface area contributed by atoms with Gasteiger partial charge in [-0.15, -0.1) is 0 Å². The molecular formula is C35H39N3O7. The highest BCUT2D eigenvalue weighted by molar-refractivity contribution is 5.77. The Morgan fingerprint density at radius 1 is 1.09 bits per heavy atom. The molecule has 1 fully saturated rings. The molecule has 3 aromatic rings. The maximum atomic E-state index is 13.2. The summed E-state index contributed by atoms with van der Waals surface area (Å²) < 4.78 is 23.5. The largest absolute Gasteiger partial charge is 0.504 e. The summed E-state index contributed by atoms with van der Waals surface area (Å²) in [6.45, 7) is 6.36. The summed E-state index contributed by atoms with van der Waals surface area (Å²) in [6.07, 6.45) is 2.30. The fourth-order valence-electron chi connectivity index (χ4n) is 7.88. The topological polar surface area (TPSA) is 119 Å². The number of ether oxygens (including phenoxy) is 4. The molecule has 10 nitrogen and oxygen atoms in total. The van der Waals surface area contributed by atoms with Crippen LogP contribution in [0.2, 0.25) is 0 Å². The van der Waals surface area contributed by atoms with Crippen LogP contribution < -0.4 is 29.6 Å². The van der Waals surface area contributed by atoms with Gasteiger partial charge in [-0.05, 0) is 49.8 Å². The highest BCUT2D eigenvalue weighted by atomic mass is 16.7. The molecule has 236 valence electrons. The van der Waals surface area contributed by atoms with Crippen molar-refractivity contribution in [2.24, 2.45) is 0 Å². The minimum atomic E-state index is -0.421. The minimum Gasteiger partial charge on any atom is -0.504 e. The maximum Gasteiger partial charge on any atom is 0.308 e. The number of benzene rings is 3. The molecule has 0 spiro atoms. The Morgan fingerprint density at radius 2 is 1.87 bits per heavy atom. The number of piperazine rings is 1. The van der Waals surface area contributed by atoms with Gasteiger partial charge >= 0.3 is 5.97 Å². The number of esters is 1. The first-order valence-corrected chi connectivity index (χ1v) is 15.6. The predicted octanol–water partition coefficient (Wildman–Crippen LogP) is 3.96. The van der Waals surface area contributed by atoms with E-state index in [2.05, 4.69) is 21.6 Å². The second kappa shape index (κ2) is 11.6. The maximum absolute atomic E-state index is 13.2. The third-order valence-electron chi connectivity index (χ3n) is 9.71. The molecule has 3 N–H and O–H groups in total. The average molecular weight is 614 g/mol. The number of phenolic OH excluding ortho intramolecular Hbond substituents is 1. The van der Waals surface area contributed by atoms with Gasteiger partial charge in [-0.25, -0.2) is 0 Å². The number of aryl methyl sites for hydroxylation is 2. The Labute approximate surface area is 262 Å². The zero-order valence-electron chi connectivity index (χ0n) is 26.1. The van der Waals surface area contributed by atoms with Crippen LogP contribution in [0.1, 0.15) is 64.4 Å². The molecular weight excluding hydrogens is 574 g/mol. The smallest absolute Gasteiger partial charge is 0.308 e. The van der Waals surface area contributed by atoms with Crippen molar-refractivity contribution in [2.45, 2.75) is 70.6 Å². The summed E-state index contributed by atoms with van der Waals surface area (Å²) in [5.74, 6) is 1.86. The summed E-state index contributed by atoms with van der Waals surface area (Å²) in [6, 6.07) is 11.6. The van der Waals surface area contributed by atoms with E-state index in [-0.39, 0.29) is 42.6 Å². The van der Waals surface area contributed by atoms with Gasteiger partial charge in [-0.3, -0.25) is 14.5 Å². The Balaban J connectivity index is 1.30. The molecule has 4 aliphatic heterocycles. The molecule has 3 aromatic carbocycles. The lowest BCUT2D eigenvalue weighted by molar-refractivity contribution is -0.132. The molecule has 0 saturated carbocycles. The number of methoxy groups -OCH3 is 1. The predicted molar refractivity (Wildman–Crippen MR) is 166 cm³/mol. The third kappa shape index (κ3) is 5.06. The number of nitrogens with one attached hydrogen (secondary N) is 2. The van der Waals surface area contributed by atoms with E-state index in [0.29, 0.717) is 54.4 Å². The van der Waals surface area contributed by atoms with Gasteiger partial charge in [-0.1, -0.05) is 36.4 Å². The van der Waals surface area contributed by atoms with Gasteiger partial charge in [-0.2, -0.15) is 0 Å². The lowest BCUT2D eigenvalue weighted by Gasteiger charge is -2.54. The monoisotopic (exact) mass is 613 g/mol. The van der Waals surface area contributed by atoms with Crippen molar-refractivity contribution in [3.8, 4) is 28.7 Å². The fourth-order valence-corrected chi connectivity index (χ4v) is 7.88. The van der Waals surface area contributed by atoms with Crippen molar-refractivity contribution in [3.05, 3.63) is 75.3 Å². The number of nitrogens with zero attached hydrogens (tertiary/aromatic N) is 1. The van der Waals surface area contributed by atoms with E-state index < -0.39 is 5.97 Å². The molecule has 0 radical (unpaired) electrons. The highest BCUT2D eigenvalue weighted by Crippen LogP contribution is 2.55. The number of phenols is 1. The standard InChI is InChI=1S/C35H39N3O7/c1-18-12-22-13-23-16-38-25(30(37-23)28(22)31(41)32(18)42-4)14-24-29(35-34(43-17-44-35)19(2)33(24)45-20(3)39)26(38)15-36-27(40)11-10-21-8-6-5-7-9-21/h5-9,12,23,25-26,30,37,41H,10-11,13-17H2,1-4H3,(H,36,40)/t23-,25?,26-,30-/m0/s1. The quantitative estimate of drug-likeness (QED) is 0.269. The van der Waals surface area contributed by atoms with Crippen molar-refractivity contribution in [1.29, 1.82) is 0 Å². The summed E-state index contributed by atoms with van der Waals surface area (Å²) >= 11 is 0. The van der Waals surface area contributed by atoms with Gasteiger partial charge in [0, 0.05) is 60.8 Å². The summed E-state index contributed by atoms with van der Waals surface area (Å²) in [5, 5.41) is 18.5. The molecule has 1 unspecified atom stereocenters. The van der Waals surface area contributed by atoms with Crippen molar-refractivity contribution in [1.82, 2.24) is 15.5 Å². The molecule has 4 heterocycles. The summed E-state index contributed by atoms with van der Waals surface area (Å²) in [7, 11) is 1.57. The lowest BCUT2D eigenvalue weighted by Crippen LogP contribution is -2.64. The first-order chi connectivity index (χ1) is 21.7. The van der Waals surface area contributed by atoms with E-state index >= 15 is 0 Å². The molecule has 0 aliphatic carbocycles. The highest BCUT2D eigenvalue weighted by Gasteiger charge is 2.50. The number of amides is 1. The normalized spacial score (nSPS) is 22.6. The zero-order valence-corrected chi connectivity index (χ0v) is 26.1. The van der Waals surface area contributed by atoms with Crippen molar-refractivity contribution in [2.75, 3.05) is 27.0 Å². The lowest BCUT2D eigenvalue weighted by atomic mass is 9.75. The molecule has 1 saturated heterocycles. The molecule has 2 bridgehead atoms. The molecule has 7 rings (SSSR count). The summed E-state index contributed by atoms with van der Waals surface area (Å²) in [5.41, 5.74) is 6.41. The van der Waals surface area contributed by atoms with E-state index in [1.807, 2.05) is 44.2 Å². The molecule has 1 amide bonds. The number of rotatable bonds is 7. The van der Waals surface area contributed by atoms with Crippen LogP contribution in [0.25, 0.3) is 0 Å². The summed E-state index contributed by atoms with van der Waals surface area (Å²) in [4.78, 5) is 28.0. The van der Waals surface area contributed by atoms with Crippen LogP contribution in [-0.2, 0) is 28.9 Å². The van der Waals surface area contributed by atoms with Crippen molar-refractivity contribution < 1.29 is 33.6 Å². The second-order valence-electron chi connectivity index (χ2n) is 12.5. The third-order valence-corrected chi connectivity index (χ3v) is 9.71. The van der Waals surface area contributed by atoms with Crippen LogP contribution in [-0.4, -0.2) is 61.0 Å². The van der Waals surface area contributed by atoms with Crippen molar-refractivity contribution in [3.63, 3.8) is 0 Å². The van der Waals surface area contributed by atoms with E-state index in [9.17, 15) is 14.7 Å². The van der Waals surface area contributed by atoms with Gasteiger partial charge in [0.15, 0.2) is 23.0 Å². The van der Waals surface area contributed by atoms with Crippen LogP contribution in [0.15, 0.2) is 36.4 Å². The van der Waals surface area contributed by atoms with E-state index in [1.165, 1.54) is 6.92 Å². The number of fused-ring (bicyclic) bond motifs is 9. The molecule has 0 aromatic heterocycles. The Hall–Kier alpha value is -4.28. The van der Waals surface area contributed by atoms with E-state index in [4.69, 9.17) is 18.9 Å². The van der Waals surface area contributed by atoms with E-state index in [1.54, 1.807) is 7.11 Å². The fraction of sp³-hybridized carbons (Fsp3) is 0.429. The SMILES string of the molecule is COc1c(C)cc2c(c1O)[C@H]1N[C@@H](C2)CN2C1Cc1c(OC(C)=O)c(C)c3c(c1[C@@H]2CNC(=O)CCc1ccccc1)OCO3. The zero-order chi connectivity index (χ0) is 31.4. The van der Waals surface area contributed by atoms with Crippen LogP contribution >= 0.6 is 0 Å². The number of carbonyl (C=O) groups is 2. The van der Waals surface area contributed by atoms with Gasteiger partial charge in [0.1, 0.15) is 5.75 Å². The number of carbonyl (C=O) groups excluding carboxylic acids is 2. The molecule has 45 heavy (non-hydrogen) atoms. The Morgan fingerprint density at radius 3 is 2.62 bits per heavy atom. The van der Waals surface area contributed by atoms with Gasteiger partial charge in [0.2, 0.25) is 12.7 Å². The average Bonchev–Trinajstić information content (AvgIpc) is 3.51. The van der Waals surface area contributed by atoms with Gasteiger partial charge in [0.05, 0.1) is 19.2 Å². The number of hydrogen-bond acceptors (Lipinski definition) is 9. The van der Waals surface area contributed by atoms with Crippen molar-refractivity contribution >= 4 is 11.9 Å². The van der Waals surface area contributed by atoms with Crippen LogP contribution in [0.3, 0.4) is 0 Å². The van der Waals surface area contributed by atoms with Crippen LogP contribution in [0.5, 0.6) is 28.7 Å². The Kier molecular flexibility index (Phi) is 7.57. The molecule has 4 aliphatic rings. The molecule has 4 atom stereocenters. The second-order valence-corrected chi connectivity index (χ2v) is 12.5. The molecule has 10 heteroatoms. The van der Waals surface area contributed by atoms with Gasteiger partial charge in [0.25, 0.3) is 0 Å². The van der Waals surface area contributed by atoms with Crippen LogP contribution in [0, 0.1) is 13.8 Å².